The molecule has 1 N–H and O–H groups in total. The minimum atomic E-state index is 0.315. The van der Waals surface area contributed by atoms with Crippen LogP contribution < -0.4 is 0 Å². The fourth-order valence-corrected chi connectivity index (χ4v) is 3.87. The lowest BCUT2D eigenvalue weighted by atomic mass is 9.86. The summed E-state index contributed by atoms with van der Waals surface area (Å²) in [5.74, 6) is 1.99. The van der Waals surface area contributed by atoms with Crippen LogP contribution in [-0.2, 0) is 24.2 Å². The number of H-pyrrole nitrogens is 1. The summed E-state index contributed by atoms with van der Waals surface area (Å²) in [4.78, 5) is 7.17. The van der Waals surface area contributed by atoms with Crippen LogP contribution >= 0.6 is 0 Å². The lowest BCUT2D eigenvalue weighted by molar-refractivity contribution is 0.0711. The van der Waals surface area contributed by atoms with E-state index in [1.165, 1.54) is 30.8 Å². The maximum atomic E-state index is 5.87. The number of imidazole rings is 1. The number of aromatic nitrogens is 4. The van der Waals surface area contributed by atoms with E-state index in [2.05, 4.69) is 32.7 Å². The third-order valence-electron chi connectivity index (χ3n) is 5.71. The summed E-state index contributed by atoms with van der Waals surface area (Å²) >= 11 is 0. The molecule has 2 aliphatic rings. The zero-order valence-electron chi connectivity index (χ0n) is 15.4. The van der Waals surface area contributed by atoms with Crippen molar-refractivity contribution in [2.45, 2.75) is 58.7 Å². The Balaban J connectivity index is 1.33. The van der Waals surface area contributed by atoms with Gasteiger partial charge in [-0.3, -0.25) is 10.00 Å². The van der Waals surface area contributed by atoms with Gasteiger partial charge in [0, 0.05) is 50.2 Å². The number of hydrogen-bond donors (Lipinski definition) is 1. The van der Waals surface area contributed by atoms with E-state index < -0.39 is 0 Å². The van der Waals surface area contributed by atoms with Gasteiger partial charge in [-0.1, -0.05) is 6.42 Å². The maximum Gasteiger partial charge on any atom is 0.126 e. The molecule has 1 aliphatic heterocycles. The fraction of sp³-hybridized carbons (Fsp3) is 0.684. The molecular formula is C19H29N5O. The number of ether oxygens (including phenoxy) is 1. The van der Waals surface area contributed by atoms with Crippen molar-refractivity contribution >= 4 is 0 Å². The molecule has 1 saturated carbocycles. The molecule has 136 valence electrons. The second-order valence-corrected chi connectivity index (χ2v) is 7.57. The highest BCUT2D eigenvalue weighted by atomic mass is 16.5. The van der Waals surface area contributed by atoms with Gasteiger partial charge in [-0.25, -0.2) is 4.98 Å². The van der Waals surface area contributed by atoms with E-state index >= 15 is 0 Å². The molecule has 0 unspecified atom stereocenters. The van der Waals surface area contributed by atoms with Gasteiger partial charge in [0.05, 0.1) is 18.3 Å². The quantitative estimate of drug-likeness (QED) is 0.786. The second-order valence-electron chi connectivity index (χ2n) is 7.57. The first kappa shape index (κ1) is 16.8. The highest BCUT2D eigenvalue weighted by Crippen LogP contribution is 2.28. The van der Waals surface area contributed by atoms with E-state index in [4.69, 9.17) is 9.72 Å². The number of rotatable bonds is 7. The molecular weight excluding hydrogens is 314 g/mol. The zero-order valence-corrected chi connectivity index (χ0v) is 15.4. The number of aryl methyl sites for hydroxylation is 1. The van der Waals surface area contributed by atoms with Crippen molar-refractivity contribution in [1.82, 2.24) is 24.6 Å². The Kier molecular flexibility index (Phi) is 4.90. The average Bonchev–Trinajstić information content (AvgIpc) is 3.15. The molecule has 2 aromatic rings. The van der Waals surface area contributed by atoms with E-state index in [1.807, 2.05) is 13.1 Å². The van der Waals surface area contributed by atoms with Gasteiger partial charge in [0.15, 0.2) is 0 Å². The molecule has 0 aromatic carbocycles. The first-order valence-corrected chi connectivity index (χ1v) is 9.57. The molecule has 1 fully saturated rings. The Morgan fingerprint density at radius 3 is 2.92 bits per heavy atom. The van der Waals surface area contributed by atoms with Crippen LogP contribution in [0.2, 0.25) is 0 Å². The van der Waals surface area contributed by atoms with Gasteiger partial charge in [0.1, 0.15) is 5.82 Å². The molecule has 3 heterocycles. The van der Waals surface area contributed by atoms with Crippen LogP contribution in [0.25, 0.3) is 0 Å². The summed E-state index contributed by atoms with van der Waals surface area (Å²) in [7, 11) is 0. The molecule has 2 aromatic heterocycles. The van der Waals surface area contributed by atoms with Crippen LogP contribution in [0.1, 0.15) is 55.1 Å². The Bertz CT molecular complexity index is 702. The number of hydrogen-bond acceptors (Lipinski definition) is 4. The number of nitrogens with zero attached hydrogens (tertiary/aromatic N) is 4. The molecule has 1 atom stereocenters. The normalized spacial score (nSPS) is 21.3. The second kappa shape index (κ2) is 7.30. The molecule has 0 radical (unpaired) electrons. The van der Waals surface area contributed by atoms with E-state index in [1.54, 1.807) is 0 Å². The smallest absolute Gasteiger partial charge is 0.126 e. The molecule has 0 saturated heterocycles. The monoisotopic (exact) mass is 343 g/mol. The molecule has 1 aliphatic carbocycles. The van der Waals surface area contributed by atoms with E-state index in [0.29, 0.717) is 6.04 Å². The van der Waals surface area contributed by atoms with Crippen molar-refractivity contribution in [1.29, 1.82) is 0 Å². The van der Waals surface area contributed by atoms with E-state index in [-0.39, 0.29) is 0 Å². The van der Waals surface area contributed by atoms with E-state index in [0.717, 1.165) is 56.6 Å². The van der Waals surface area contributed by atoms with Crippen LogP contribution in [0.5, 0.6) is 0 Å². The summed E-state index contributed by atoms with van der Waals surface area (Å²) in [5, 5.41) is 7.40. The van der Waals surface area contributed by atoms with Gasteiger partial charge in [0.2, 0.25) is 0 Å². The number of fused-ring (bicyclic) bond motifs is 1. The fourth-order valence-electron chi connectivity index (χ4n) is 3.87. The molecule has 0 bridgehead atoms. The molecule has 0 spiro atoms. The third kappa shape index (κ3) is 3.65. The molecule has 25 heavy (non-hydrogen) atoms. The summed E-state index contributed by atoms with van der Waals surface area (Å²) in [5.41, 5.74) is 3.53. The van der Waals surface area contributed by atoms with Crippen LogP contribution in [0.3, 0.4) is 0 Å². The van der Waals surface area contributed by atoms with Crippen LogP contribution in [0, 0.1) is 12.8 Å². The summed E-state index contributed by atoms with van der Waals surface area (Å²) < 4.78 is 8.26. The zero-order chi connectivity index (χ0) is 17.2. The topological polar surface area (TPSA) is 59.0 Å². The standard InChI is InChI=1S/C19H29N5O/c1-14-10-17(22-21-14)12-23-7-8-24-18(11-20-19(24)15(23)2)6-9-25-13-16-4-3-5-16/h10-11,15-16H,3-9,12-13H2,1-2H3,(H,21,22)/t15-/m1/s1. The number of nitrogens with one attached hydrogen (secondary N) is 1. The predicted molar refractivity (Wildman–Crippen MR) is 96.2 cm³/mol. The lowest BCUT2D eigenvalue weighted by Gasteiger charge is -2.34. The molecule has 0 amide bonds. The van der Waals surface area contributed by atoms with Gasteiger partial charge in [0.25, 0.3) is 0 Å². The Morgan fingerprint density at radius 1 is 1.32 bits per heavy atom. The minimum absolute atomic E-state index is 0.315. The van der Waals surface area contributed by atoms with Gasteiger partial charge >= 0.3 is 0 Å². The number of aromatic amines is 1. The van der Waals surface area contributed by atoms with Crippen LogP contribution in [0.15, 0.2) is 12.3 Å². The van der Waals surface area contributed by atoms with Crippen molar-refractivity contribution in [2.24, 2.45) is 5.92 Å². The Morgan fingerprint density at radius 2 is 2.20 bits per heavy atom. The van der Waals surface area contributed by atoms with Gasteiger partial charge < -0.3 is 9.30 Å². The Labute approximate surface area is 149 Å². The molecule has 6 nitrogen and oxygen atoms in total. The predicted octanol–water partition coefficient (Wildman–Crippen LogP) is 2.85. The summed E-state index contributed by atoms with van der Waals surface area (Å²) in [6, 6.07) is 2.44. The van der Waals surface area contributed by atoms with Crippen LogP contribution in [0.4, 0.5) is 0 Å². The molecule has 4 rings (SSSR count). The van der Waals surface area contributed by atoms with Crippen molar-refractivity contribution in [3.63, 3.8) is 0 Å². The first-order chi connectivity index (χ1) is 12.2. The first-order valence-electron chi connectivity index (χ1n) is 9.57. The molecule has 6 heteroatoms. The summed E-state index contributed by atoms with van der Waals surface area (Å²) in [6.07, 6.45) is 7.10. The average molecular weight is 343 g/mol. The van der Waals surface area contributed by atoms with Crippen molar-refractivity contribution in [2.75, 3.05) is 19.8 Å². The van der Waals surface area contributed by atoms with Crippen LogP contribution in [-0.4, -0.2) is 44.4 Å². The Hall–Kier alpha value is -1.66. The van der Waals surface area contributed by atoms with Crippen molar-refractivity contribution in [3.05, 3.63) is 35.2 Å². The third-order valence-corrected chi connectivity index (χ3v) is 5.71. The van der Waals surface area contributed by atoms with Gasteiger partial charge in [-0.15, -0.1) is 0 Å². The van der Waals surface area contributed by atoms with Crippen molar-refractivity contribution in [3.8, 4) is 0 Å². The van der Waals surface area contributed by atoms with Gasteiger partial charge in [-0.2, -0.15) is 5.10 Å². The highest BCUT2D eigenvalue weighted by molar-refractivity contribution is 5.13. The SMILES string of the molecule is Cc1cc(CN2CCn3c(CCOCC4CCC4)cnc3[C@H]2C)n[nH]1. The highest BCUT2D eigenvalue weighted by Gasteiger charge is 2.27. The minimum Gasteiger partial charge on any atom is -0.381 e. The van der Waals surface area contributed by atoms with Crippen molar-refractivity contribution < 1.29 is 4.74 Å². The van der Waals surface area contributed by atoms with E-state index in [9.17, 15) is 0 Å². The maximum absolute atomic E-state index is 5.87. The summed E-state index contributed by atoms with van der Waals surface area (Å²) in [6.45, 7) is 8.95. The van der Waals surface area contributed by atoms with Gasteiger partial charge in [-0.05, 0) is 38.7 Å². The lowest BCUT2D eigenvalue weighted by Crippen LogP contribution is -2.37. The largest absolute Gasteiger partial charge is 0.381 e.